The van der Waals surface area contributed by atoms with Gasteiger partial charge in [-0.1, -0.05) is 19.8 Å². The second kappa shape index (κ2) is 8.26. The number of nitrogens with zero attached hydrogens (tertiary/aromatic N) is 4. The molecule has 1 aliphatic carbocycles. The molecule has 2 aromatic rings. The Labute approximate surface area is 160 Å². The standard InChI is InChI=1S/C21H27N5O/c1-4-11-25-15(2)12-17(16(25)3)13-18(14-22)21(27)24-20-9-10-23-26(20)19-7-5-6-8-19/h9-10,12-13,19H,4-8,11H2,1-3H3,(H,24,27)/b18-13+. The van der Waals surface area contributed by atoms with Gasteiger partial charge in [0.05, 0.1) is 12.2 Å². The smallest absolute Gasteiger partial charge is 0.267 e. The molecule has 27 heavy (non-hydrogen) atoms. The zero-order valence-corrected chi connectivity index (χ0v) is 16.3. The Bertz CT molecular complexity index is 890. The molecule has 1 saturated carbocycles. The van der Waals surface area contributed by atoms with Crippen LogP contribution in [0.25, 0.3) is 6.08 Å². The summed E-state index contributed by atoms with van der Waals surface area (Å²) >= 11 is 0. The Balaban J connectivity index is 1.81. The van der Waals surface area contributed by atoms with Crippen LogP contribution in [0.5, 0.6) is 0 Å². The molecular weight excluding hydrogens is 338 g/mol. The van der Waals surface area contributed by atoms with E-state index in [0.717, 1.165) is 42.8 Å². The fraction of sp³-hybridized carbons (Fsp3) is 0.476. The molecule has 0 radical (unpaired) electrons. The third-order valence-electron chi connectivity index (χ3n) is 5.31. The second-order valence-corrected chi connectivity index (χ2v) is 7.20. The van der Waals surface area contributed by atoms with Gasteiger partial charge in [-0.3, -0.25) is 4.79 Å². The van der Waals surface area contributed by atoms with Gasteiger partial charge in [0.1, 0.15) is 17.5 Å². The van der Waals surface area contributed by atoms with Crippen molar-refractivity contribution in [3.8, 4) is 6.07 Å². The summed E-state index contributed by atoms with van der Waals surface area (Å²) in [5.41, 5.74) is 3.23. The Morgan fingerprint density at radius 2 is 2.15 bits per heavy atom. The largest absolute Gasteiger partial charge is 0.349 e. The minimum atomic E-state index is -0.391. The van der Waals surface area contributed by atoms with Crippen molar-refractivity contribution in [3.63, 3.8) is 0 Å². The van der Waals surface area contributed by atoms with Crippen LogP contribution < -0.4 is 5.32 Å². The van der Waals surface area contributed by atoms with Crippen molar-refractivity contribution < 1.29 is 4.79 Å². The van der Waals surface area contributed by atoms with E-state index in [9.17, 15) is 10.1 Å². The van der Waals surface area contributed by atoms with Crippen LogP contribution in [0.2, 0.25) is 0 Å². The van der Waals surface area contributed by atoms with Gasteiger partial charge < -0.3 is 9.88 Å². The van der Waals surface area contributed by atoms with Gasteiger partial charge in [-0.15, -0.1) is 0 Å². The molecule has 6 heteroatoms. The third kappa shape index (κ3) is 3.97. The molecule has 1 amide bonds. The van der Waals surface area contributed by atoms with Gasteiger partial charge in [-0.25, -0.2) is 4.68 Å². The number of aromatic nitrogens is 3. The normalized spacial score (nSPS) is 15.1. The van der Waals surface area contributed by atoms with E-state index in [2.05, 4.69) is 21.9 Å². The maximum atomic E-state index is 12.7. The predicted octanol–water partition coefficient (Wildman–Crippen LogP) is 4.37. The molecule has 0 aromatic carbocycles. The van der Waals surface area contributed by atoms with Crippen molar-refractivity contribution in [3.05, 3.63) is 40.9 Å². The maximum absolute atomic E-state index is 12.7. The van der Waals surface area contributed by atoms with E-state index in [1.165, 1.54) is 12.8 Å². The topological polar surface area (TPSA) is 75.6 Å². The van der Waals surface area contributed by atoms with Crippen LogP contribution in [-0.2, 0) is 11.3 Å². The van der Waals surface area contributed by atoms with Crippen molar-refractivity contribution in [2.75, 3.05) is 5.32 Å². The number of aryl methyl sites for hydroxylation is 1. The third-order valence-corrected chi connectivity index (χ3v) is 5.31. The van der Waals surface area contributed by atoms with E-state index in [0.29, 0.717) is 11.9 Å². The molecule has 0 bridgehead atoms. The molecular formula is C21H27N5O. The van der Waals surface area contributed by atoms with Crippen molar-refractivity contribution in [2.45, 2.75) is 65.5 Å². The van der Waals surface area contributed by atoms with Crippen molar-refractivity contribution in [1.82, 2.24) is 14.3 Å². The quantitative estimate of drug-likeness (QED) is 0.610. The number of carbonyl (C=O) groups excluding carboxylic acids is 1. The number of nitrogens with one attached hydrogen (secondary N) is 1. The predicted molar refractivity (Wildman–Crippen MR) is 106 cm³/mol. The van der Waals surface area contributed by atoms with Crippen molar-refractivity contribution in [1.29, 1.82) is 5.26 Å². The molecule has 2 aromatic heterocycles. The number of nitriles is 1. The molecule has 6 nitrogen and oxygen atoms in total. The first-order valence-corrected chi connectivity index (χ1v) is 9.68. The number of anilines is 1. The average Bonchev–Trinajstić information content (AvgIpc) is 3.37. The fourth-order valence-corrected chi connectivity index (χ4v) is 3.88. The lowest BCUT2D eigenvalue weighted by molar-refractivity contribution is -0.112. The van der Waals surface area contributed by atoms with Gasteiger partial charge in [0.25, 0.3) is 5.91 Å². The average molecular weight is 365 g/mol. The molecule has 1 fully saturated rings. The number of hydrogen-bond acceptors (Lipinski definition) is 3. The van der Waals surface area contributed by atoms with Gasteiger partial charge in [0, 0.05) is 24.0 Å². The minimum absolute atomic E-state index is 0.103. The first-order valence-electron chi connectivity index (χ1n) is 9.68. The number of carbonyl (C=O) groups is 1. The Hall–Kier alpha value is -2.81. The van der Waals surface area contributed by atoms with Crippen LogP contribution in [-0.4, -0.2) is 20.3 Å². The van der Waals surface area contributed by atoms with Crippen LogP contribution in [0.4, 0.5) is 5.82 Å². The summed E-state index contributed by atoms with van der Waals surface area (Å²) in [5, 5.41) is 16.8. The summed E-state index contributed by atoms with van der Waals surface area (Å²) in [5.74, 6) is 0.266. The molecule has 0 atom stereocenters. The second-order valence-electron chi connectivity index (χ2n) is 7.20. The van der Waals surface area contributed by atoms with Gasteiger partial charge in [0.2, 0.25) is 0 Å². The van der Waals surface area contributed by atoms with Gasteiger partial charge >= 0.3 is 0 Å². The van der Waals surface area contributed by atoms with E-state index in [-0.39, 0.29) is 5.57 Å². The van der Waals surface area contributed by atoms with E-state index >= 15 is 0 Å². The highest BCUT2D eigenvalue weighted by molar-refractivity contribution is 6.09. The summed E-state index contributed by atoms with van der Waals surface area (Å²) < 4.78 is 4.10. The first kappa shape index (κ1) is 19.0. The monoisotopic (exact) mass is 365 g/mol. The van der Waals surface area contributed by atoms with E-state index < -0.39 is 5.91 Å². The SMILES string of the molecule is CCCn1c(C)cc(/C=C(\C#N)C(=O)Nc2ccnn2C2CCCC2)c1C. The van der Waals surface area contributed by atoms with Crippen LogP contribution in [0, 0.1) is 25.2 Å². The molecule has 3 rings (SSSR count). The van der Waals surface area contributed by atoms with Gasteiger partial charge in [-0.2, -0.15) is 10.4 Å². The summed E-state index contributed by atoms with van der Waals surface area (Å²) in [6.45, 7) is 7.14. The number of rotatable bonds is 6. The highest BCUT2D eigenvalue weighted by Gasteiger charge is 2.21. The molecule has 142 valence electrons. The Kier molecular flexibility index (Phi) is 5.80. The molecule has 0 unspecified atom stereocenters. The van der Waals surface area contributed by atoms with Gasteiger partial charge in [-0.05, 0) is 50.8 Å². The zero-order valence-electron chi connectivity index (χ0n) is 16.3. The van der Waals surface area contributed by atoms with Crippen molar-refractivity contribution >= 4 is 17.8 Å². The highest BCUT2D eigenvalue weighted by atomic mass is 16.1. The maximum Gasteiger partial charge on any atom is 0.267 e. The lowest BCUT2D eigenvalue weighted by Crippen LogP contribution is -2.18. The molecule has 0 saturated heterocycles. The van der Waals surface area contributed by atoms with Crippen LogP contribution >= 0.6 is 0 Å². The lowest BCUT2D eigenvalue weighted by atomic mass is 10.1. The first-order chi connectivity index (χ1) is 13.0. The Morgan fingerprint density at radius 1 is 1.41 bits per heavy atom. The summed E-state index contributed by atoms with van der Waals surface area (Å²) in [7, 11) is 0. The fourth-order valence-electron chi connectivity index (χ4n) is 3.88. The van der Waals surface area contributed by atoms with Crippen LogP contribution in [0.1, 0.15) is 62.0 Å². The highest BCUT2D eigenvalue weighted by Crippen LogP contribution is 2.31. The zero-order chi connectivity index (χ0) is 19.4. The van der Waals surface area contributed by atoms with Gasteiger partial charge in [0.15, 0.2) is 0 Å². The minimum Gasteiger partial charge on any atom is -0.349 e. The van der Waals surface area contributed by atoms with E-state index in [4.69, 9.17) is 0 Å². The summed E-state index contributed by atoms with van der Waals surface area (Å²) in [4.78, 5) is 12.7. The molecule has 0 spiro atoms. The number of hydrogen-bond donors (Lipinski definition) is 1. The molecule has 2 heterocycles. The molecule has 1 aliphatic rings. The van der Waals surface area contributed by atoms with Crippen molar-refractivity contribution in [2.24, 2.45) is 0 Å². The summed E-state index contributed by atoms with van der Waals surface area (Å²) in [6.07, 6.45) is 8.95. The van der Waals surface area contributed by atoms with Crippen LogP contribution in [0.3, 0.4) is 0 Å². The molecule has 1 N–H and O–H groups in total. The summed E-state index contributed by atoms with van der Waals surface area (Å²) in [6, 6.07) is 6.20. The number of amides is 1. The van der Waals surface area contributed by atoms with Crippen LogP contribution in [0.15, 0.2) is 23.9 Å². The van der Waals surface area contributed by atoms with E-state index in [1.807, 2.05) is 30.7 Å². The lowest BCUT2D eigenvalue weighted by Gasteiger charge is -2.14. The molecule has 0 aliphatic heterocycles. The Morgan fingerprint density at radius 3 is 2.81 bits per heavy atom. The van der Waals surface area contributed by atoms with E-state index in [1.54, 1.807) is 18.3 Å².